The Morgan fingerprint density at radius 1 is 1.38 bits per heavy atom. The Hall–Kier alpha value is -1.28. The lowest BCUT2D eigenvalue weighted by atomic mass is 10.1. The fraction of sp³-hybridized carbons (Fsp3) is 0.429. The van der Waals surface area contributed by atoms with E-state index in [4.69, 9.17) is 4.74 Å². The van der Waals surface area contributed by atoms with E-state index in [1.807, 2.05) is 18.2 Å². The van der Waals surface area contributed by atoms with Crippen LogP contribution in [0.2, 0.25) is 0 Å². The normalized spacial score (nSPS) is 16.3. The van der Waals surface area contributed by atoms with Crippen LogP contribution in [0.5, 0.6) is 5.75 Å². The molecule has 2 heteroatoms. The van der Waals surface area contributed by atoms with Crippen LogP contribution >= 0.6 is 0 Å². The second kappa shape index (κ2) is 5.17. The molecule has 1 aliphatic carbocycles. The van der Waals surface area contributed by atoms with Crippen LogP contribution in [0, 0.1) is 0 Å². The first kappa shape index (κ1) is 11.2. The summed E-state index contributed by atoms with van der Waals surface area (Å²) < 4.78 is 5.90. The van der Waals surface area contributed by atoms with Crippen LogP contribution < -0.4 is 4.74 Å². The highest BCUT2D eigenvalue weighted by Crippen LogP contribution is 2.27. The van der Waals surface area contributed by atoms with Crippen LogP contribution in [0.25, 0.3) is 6.08 Å². The topological polar surface area (TPSA) is 29.5 Å². The Bertz CT molecular complexity index is 365. The van der Waals surface area contributed by atoms with Crippen LogP contribution in [0.1, 0.15) is 36.8 Å². The number of hydrogen-bond acceptors (Lipinski definition) is 2. The molecule has 1 aliphatic rings. The number of rotatable bonds is 4. The monoisotopic (exact) mass is 218 g/mol. The van der Waals surface area contributed by atoms with Crippen LogP contribution in [0.4, 0.5) is 0 Å². The van der Waals surface area contributed by atoms with Gasteiger partial charge in [0, 0.05) is 5.56 Å². The van der Waals surface area contributed by atoms with E-state index in [0.717, 1.165) is 29.7 Å². The lowest BCUT2D eigenvalue weighted by Crippen LogP contribution is -2.12. The van der Waals surface area contributed by atoms with Crippen molar-refractivity contribution in [3.63, 3.8) is 0 Å². The molecule has 1 N–H and O–H groups in total. The van der Waals surface area contributed by atoms with Crippen molar-refractivity contribution in [2.45, 2.75) is 38.4 Å². The number of ether oxygens (including phenoxy) is 1. The quantitative estimate of drug-likeness (QED) is 0.841. The first-order valence-electron chi connectivity index (χ1n) is 5.86. The molecule has 16 heavy (non-hydrogen) atoms. The van der Waals surface area contributed by atoms with Crippen LogP contribution in [-0.2, 0) is 6.61 Å². The van der Waals surface area contributed by atoms with E-state index in [1.165, 1.54) is 12.8 Å². The van der Waals surface area contributed by atoms with E-state index in [1.54, 1.807) is 6.08 Å². The van der Waals surface area contributed by atoms with Gasteiger partial charge in [0.25, 0.3) is 0 Å². The third-order valence-corrected chi connectivity index (χ3v) is 3.09. The van der Waals surface area contributed by atoms with Crippen molar-refractivity contribution in [1.29, 1.82) is 0 Å². The molecule has 0 unspecified atom stereocenters. The molecule has 0 atom stereocenters. The molecule has 0 aromatic heterocycles. The van der Waals surface area contributed by atoms with Crippen LogP contribution in [0.3, 0.4) is 0 Å². The van der Waals surface area contributed by atoms with Gasteiger partial charge in [-0.15, -0.1) is 0 Å². The average Bonchev–Trinajstić information content (AvgIpc) is 2.82. The molecule has 1 aromatic rings. The molecular formula is C14H18O2. The smallest absolute Gasteiger partial charge is 0.125 e. The predicted octanol–water partition coefficient (Wildman–Crippen LogP) is 3.14. The minimum absolute atomic E-state index is 0.0176. The Balaban J connectivity index is 2.15. The van der Waals surface area contributed by atoms with Crippen molar-refractivity contribution in [2.75, 3.05) is 0 Å². The largest absolute Gasteiger partial charge is 0.490 e. The first-order chi connectivity index (χ1) is 7.83. The van der Waals surface area contributed by atoms with Crippen molar-refractivity contribution in [3.05, 3.63) is 35.9 Å². The zero-order chi connectivity index (χ0) is 11.4. The molecule has 0 amide bonds. The van der Waals surface area contributed by atoms with Crippen molar-refractivity contribution >= 4 is 6.08 Å². The maximum atomic E-state index is 9.30. The molecule has 1 saturated carbocycles. The molecule has 0 heterocycles. The summed E-state index contributed by atoms with van der Waals surface area (Å²) >= 11 is 0. The molecule has 0 radical (unpaired) electrons. The summed E-state index contributed by atoms with van der Waals surface area (Å²) in [6.07, 6.45) is 6.88. The second-order valence-electron chi connectivity index (χ2n) is 4.25. The minimum Gasteiger partial charge on any atom is -0.490 e. The summed E-state index contributed by atoms with van der Waals surface area (Å²) in [6.45, 7) is 3.73. The van der Waals surface area contributed by atoms with E-state index >= 15 is 0 Å². The van der Waals surface area contributed by atoms with E-state index in [2.05, 4.69) is 6.58 Å². The fourth-order valence-electron chi connectivity index (χ4n) is 2.15. The maximum Gasteiger partial charge on any atom is 0.125 e. The number of benzene rings is 1. The zero-order valence-electron chi connectivity index (χ0n) is 9.48. The van der Waals surface area contributed by atoms with Crippen molar-refractivity contribution in [2.24, 2.45) is 0 Å². The van der Waals surface area contributed by atoms with Crippen LogP contribution in [-0.4, -0.2) is 11.2 Å². The molecule has 0 spiro atoms. The summed E-state index contributed by atoms with van der Waals surface area (Å²) in [7, 11) is 0. The molecule has 0 saturated heterocycles. The average molecular weight is 218 g/mol. The molecule has 2 rings (SSSR count). The molecule has 1 fully saturated rings. The molecule has 86 valence electrons. The lowest BCUT2D eigenvalue weighted by Gasteiger charge is -2.16. The summed E-state index contributed by atoms with van der Waals surface area (Å²) in [5, 5.41) is 9.30. The van der Waals surface area contributed by atoms with Gasteiger partial charge in [-0.05, 0) is 43.4 Å². The molecule has 2 nitrogen and oxygen atoms in total. The SMILES string of the molecule is C=Cc1ccc(OC2CCCC2)c(CO)c1. The standard InChI is InChI=1S/C14H18O2/c1-2-11-7-8-14(12(9-11)10-15)16-13-5-3-4-6-13/h2,7-9,13,15H,1,3-6,10H2. The van der Waals surface area contributed by atoms with Crippen molar-refractivity contribution in [1.82, 2.24) is 0 Å². The van der Waals surface area contributed by atoms with Gasteiger partial charge >= 0.3 is 0 Å². The fourth-order valence-corrected chi connectivity index (χ4v) is 2.15. The molecule has 0 bridgehead atoms. The van der Waals surface area contributed by atoms with E-state index in [0.29, 0.717) is 6.10 Å². The molecular weight excluding hydrogens is 200 g/mol. The third kappa shape index (κ3) is 2.45. The lowest BCUT2D eigenvalue weighted by molar-refractivity contribution is 0.199. The Morgan fingerprint density at radius 2 is 2.12 bits per heavy atom. The highest BCUT2D eigenvalue weighted by molar-refractivity contribution is 5.51. The predicted molar refractivity (Wildman–Crippen MR) is 65.3 cm³/mol. The van der Waals surface area contributed by atoms with Gasteiger partial charge in [0.15, 0.2) is 0 Å². The Labute approximate surface area is 96.6 Å². The molecule has 1 aromatic carbocycles. The van der Waals surface area contributed by atoms with Gasteiger partial charge < -0.3 is 9.84 Å². The van der Waals surface area contributed by atoms with Crippen LogP contribution in [0.15, 0.2) is 24.8 Å². The number of aliphatic hydroxyl groups excluding tert-OH is 1. The highest BCUT2D eigenvalue weighted by Gasteiger charge is 2.17. The third-order valence-electron chi connectivity index (χ3n) is 3.09. The van der Waals surface area contributed by atoms with Gasteiger partial charge in [-0.25, -0.2) is 0 Å². The van der Waals surface area contributed by atoms with E-state index in [-0.39, 0.29) is 6.61 Å². The van der Waals surface area contributed by atoms with Gasteiger partial charge in [-0.2, -0.15) is 0 Å². The second-order valence-corrected chi connectivity index (χ2v) is 4.25. The first-order valence-corrected chi connectivity index (χ1v) is 5.86. The van der Waals surface area contributed by atoms with Crippen molar-refractivity contribution in [3.8, 4) is 5.75 Å². The summed E-state index contributed by atoms with van der Waals surface area (Å²) in [5.74, 6) is 0.819. The summed E-state index contributed by atoms with van der Waals surface area (Å²) in [4.78, 5) is 0. The van der Waals surface area contributed by atoms with Crippen molar-refractivity contribution < 1.29 is 9.84 Å². The minimum atomic E-state index is 0.0176. The van der Waals surface area contributed by atoms with Gasteiger partial charge in [-0.1, -0.05) is 18.7 Å². The van der Waals surface area contributed by atoms with E-state index in [9.17, 15) is 5.11 Å². The molecule has 0 aliphatic heterocycles. The number of aliphatic hydroxyl groups is 1. The van der Waals surface area contributed by atoms with E-state index < -0.39 is 0 Å². The van der Waals surface area contributed by atoms with Gasteiger partial charge in [0.2, 0.25) is 0 Å². The highest BCUT2D eigenvalue weighted by atomic mass is 16.5. The Morgan fingerprint density at radius 3 is 2.75 bits per heavy atom. The van der Waals surface area contributed by atoms with Gasteiger partial charge in [-0.3, -0.25) is 0 Å². The Kier molecular flexibility index (Phi) is 3.62. The maximum absolute atomic E-state index is 9.30. The zero-order valence-corrected chi connectivity index (χ0v) is 9.48. The van der Waals surface area contributed by atoms with Gasteiger partial charge in [0.1, 0.15) is 5.75 Å². The number of hydrogen-bond donors (Lipinski definition) is 1. The van der Waals surface area contributed by atoms with Gasteiger partial charge in [0.05, 0.1) is 12.7 Å². The summed E-state index contributed by atoms with van der Waals surface area (Å²) in [6, 6.07) is 5.83. The summed E-state index contributed by atoms with van der Waals surface area (Å²) in [5.41, 5.74) is 1.87.